The Bertz CT molecular complexity index is 909. The fraction of sp³-hybridized carbons (Fsp3) is 0.591. The lowest BCUT2D eigenvalue weighted by atomic mass is 9.46. The molecule has 5 aliphatic rings. The number of aliphatic hydroxyl groups is 2. The van der Waals surface area contributed by atoms with Crippen LogP contribution in [0.3, 0.4) is 0 Å². The minimum Gasteiger partial charge on any atom is -0.392 e. The summed E-state index contributed by atoms with van der Waals surface area (Å²) in [7, 11) is 0. The molecule has 4 aliphatic carbocycles. The van der Waals surface area contributed by atoms with Crippen LogP contribution in [0.1, 0.15) is 56.6 Å². The van der Waals surface area contributed by atoms with Gasteiger partial charge in [-0.05, 0) is 68.3 Å². The Kier molecular flexibility index (Phi) is 3.13. The van der Waals surface area contributed by atoms with Gasteiger partial charge in [-0.2, -0.15) is 0 Å². The third-order valence-corrected chi connectivity index (χ3v) is 7.89. The van der Waals surface area contributed by atoms with Crippen LogP contribution in [0.2, 0.25) is 0 Å². The lowest BCUT2D eigenvalue weighted by molar-refractivity contribution is -0.197. The molecule has 2 heterocycles. The number of hydrogen-bond acceptors (Lipinski definition) is 3. The van der Waals surface area contributed by atoms with Crippen molar-refractivity contribution in [1.29, 1.82) is 0 Å². The summed E-state index contributed by atoms with van der Waals surface area (Å²) in [4.78, 5) is 4.25. The second-order valence-electron chi connectivity index (χ2n) is 9.70. The molecule has 4 saturated carbocycles. The molecule has 2 aromatic rings. The van der Waals surface area contributed by atoms with Gasteiger partial charge in [0.05, 0.1) is 36.0 Å². The molecule has 4 atom stereocenters. The smallest absolute Gasteiger partial charge is 0.129 e. The van der Waals surface area contributed by atoms with Crippen molar-refractivity contribution in [2.45, 2.75) is 62.7 Å². The van der Waals surface area contributed by atoms with E-state index in [0.717, 1.165) is 36.9 Å². The van der Waals surface area contributed by atoms with Crippen molar-refractivity contribution in [3.8, 4) is 11.3 Å². The van der Waals surface area contributed by atoms with E-state index in [2.05, 4.69) is 4.98 Å². The van der Waals surface area contributed by atoms with Gasteiger partial charge in [0.25, 0.3) is 0 Å². The van der Waals surface area contributed by atoms with Crippen LogP contribution in [0.5, 0.6) is 0 Å². The Labute approximate surface area is 158 Å². The molecule has 1 aliphatic heterocycles. The molecule has 4 nitrogen and oxygen atoms in total. The van der Waals surface area contributed by atoms with Crippen LogP contribution >= 0.6 is 0 Å². The van der Waals surface area contributed by atoms with Gasteiger partial charge in [-0.3, -0.25) is 0 Å². The summed E-state index contributed by atoms with van der Waals surface area (Å²) >= 11 is 0. The average Bonchev–Trinajstić information content (AvgIpc) is 3.16. The fourth-order valence-corrected chi connectivity index (χ4v) is 7.37. The molecule has 1 aromatic carbocycles. The van der Waals surface area contributed by atoms with E-state index in [-0.39, 0.29) is 17.3 Å². The van der Waals surface area contributed by atoms with Crippen molar-refractivity contribution in [3.05, 3.63) is 42.1 Å². The maximum atomic E-state index is 14.7. The number of rotatable bonds is 3. The van der Waals surface area contributed by atoms with Crippen LogP contribution in [0, 0.1) is 23.1 Å². The number of halogens is 1. The maximum absolute atomic E-state index is 14.7. The minimum atomic E-state index is -0.593. The Morgan fingerprint density at radius 3 is 2.74 bits per heavy atom. The van der Waals surface area contributed by atoms with Gasteiger partial charge in [0.15, 0.2) is 0 Å². The topological polar surface area (TPSA) is 58.3 Å². The lowest BCUT2D eigenvalue weighted by Gasteiger charge is -2.61. The number of aliphatic hydroxyl groups excluding tert-OH is 1. The summed E-state index contributed by atoms with van der Waals surface area (Å²) in [6.45, 7) is 0. The molecule has 7 rings (SSSR count). The lowest BCUT2D eigenvalue weighted by Crippen LogP contribution is -2.59. The van der Waals surface area contributed by atoms with E-state index in [4.69, 9.17) is 0 Å². The average molecular weight is 368 g/mol. The summed E-state index contributed by atoms with van der Waals surface area (Å²) < 4.78 is 16.7. The molecule has 0 saturated heterocycles. The zero-order valence-electron chi connectivity index (χ0n) is 15.3. The molecular formula is C22H25FN2O2. The highest BCUT2D eigenvalue weighted by Gasteiger charge is 2.59. The quantitative estimate of drug-likeness (QED) is 0.869. The van der Waals surface area contributed by atoms with Gasteiger partial charge in [0, 0.05) is 11.1 Å². The van der Waals surface area contributed by atoms with Gasteiger partial charge in [0.2, 0.25) is 0 Å². The van der Waals surface area contributed by atoms with E-state index < -0.39 is 11.7 Å². The van der Waals surface area contributed by atoms with E-state index in [1.54, 1.807) is 18.6 Å². The van der Waals surface area contributed by atoms with Crippen LogP contribution in [-0.4, -0.2) is 31.5 Å². The third kappa shape index (κ3) is 2.18. The Hall–Kier alpha value is -1.72. The monoisotopic (exact) mass is 368 g/mol. The highest BCUT2D eigenvalue weighted by molar-refractivity contribution is 5.69. The zero-order chi connectivity index (χ0) is 18.4. The molecule has 27 heavy (non-hydrogen) atoms. The molecule has 0 amide bonds. The summed E-state index contributed by atoms with van der Waals surface area (Å²) in [5.41, 5.74) is 1.68. The first-order chi connectivity index (χ1) is 13.0. The zero-order valence-corrected chi connectivity index (χ0v) is 15.3. The van der Waals surface area contributed by atoms with Gasteiger partial charge >= 0.3 is 0 Å². The summed E-state index contributed by atoms with van der Waals surface area (Å²) in [6, 6.07) is 4.95. The van der Waals surface area contributed by atoms with Gasteiger partial charge in [-0.25, -0.2) is 9.37 Å². The van der Waals surface area contributed by atoms with E-state index >= 15 is 0 Å². The Morgan fingerprint density at radius 1 is 1.22 bits per heavy atom. The first-order valence-electron chi connectivity index (χ1n) is 10.2. The van der Waals surface area contributed by atoms with Gasteiger partial charge in [0.1, 0.15) is 5.82 Å². The first-order valence-corrected chi connectivity index (χ1v) is 10.2. The van der Waals surface area contributed by atoms with E-state index in [0.29, 0.717) is 30.2 Å². The van der Waals surface area contributed by atoms with Crippen LogP contribution in [0.15, 0.2) is 30.7 Å². The van der Waals surface area contributed by atoms with Crippen molar-refractivity contribution in [2.75, 3.05) is 0 Å². The molecule has 5 heteroatoms. The summed E-state index contributed by atoms with van der Waals surface area (Å²) in [5.74, 6) is 0.849. The second-order valence-corrected chi connectivity index (χ2v) is 9.70. The molecular weight excluding hydrogens is 343 g/mol. The van der Waals surface area contributed by atoms with Crippen LogP contribution in [0.4, 0.5) is 4.39 Å². The first kappa shape index (κ1) is 16.3. The molecule has 4 fully saturated rings. The molecule has 2 N–H and O–H groups in total. The number of imidazole rings is 1. The third-order valence-electron chi connectivity index (χ3n) is 7.89. The van der Waals surface area contributed by atoms with Crippen molar-refractivity contribution < 1.29 is 14.6 Å². The predicted octanol–water partition coefficient (Wildman–Crippen LogP) is 3.67. The standard InChI is InChI=1S/C22H25FN2O2/c23-16-3-1-2-15-18-10-24-12-25(18)17(20(15)16)5-19(26)21-6-13-4-14(7-21)9-22(27,8-13)11-21/h1-3,10,12-14,17,19,26-27H,4-9,11H2/t13?,14?,17-,19-,21?,22?/m1/s1. The van der Waals surface area contributed by atoms with Crippen molar-refractivity contribution in [3.63, 3.8) is 0 Å². The summed E-state index contributed by atoms with van der Waals surface area (Å²) in [5, 5.41) is 22.4. The van der Waals surface area contributed by atoms with Crippen LogP contribution < -0.4 is 0 Å². The summed E-state index contributed by atoms with van der Waals surface area (Å²) in [6.07, 6.45) is 9.15. The molecule has 142 valence electrons. The number of fused-ring (bicyclic) bond motifs is 3. The van der Waals surface area contributed by atoms with Gasteiger partial charge in [-0.15, -0.1) is 0 Å². The SMILES string of the molecule is O[C@H](C[C@@H]1c2c(F)cccc2-c2cncn21)C12CC3CC(CC(O)(C3)C1)C2. The fourth-order valence-electron chi connectivity index (χ4n) is 7.37. The largest absolute Gasteiger partial charge is 0.392 e. The van der Waals surface area contributed by atoms with Crippen molar-refractivity contribution in [2.24, 2.45) is 17.3 Å². The van der Waals surface area contributed by atoms with Crippen LogP contribution in [-0.2, 0) is 0 Å². The normalized spacial score (nSPS) is 39.4. The van der Waals surface area contributed by atoms with Crippen LogP contribution in [0.25, 0.3) is 11.3 Å². The highest BCUT2D eigenvalue weighted by atomic mass is 19.1. The molecule has 1 aromatic heterocycles. The molecule has 4 bridgehead atoms. The number of nitrogens with zero attached hydrogens (tertiary/aromatic N) is 2. The van der Waals surface area contributed by atoms with E-state index in [1.807, 2.05) is 10.6 Å². The highest BCUT2D eigenvalue weighted by Crippen LogP contribution is 2.63. The Morgan fingerprint density at radius 2 is 2.00 bits per heavy atom. The number of hydrogen-bond donors (Lipinski definition) is 2. The second kappa shape index (κ2) is 5.21. The maximum Gasteiger partial charge on any atom is 0.129 e. The Balaban J connectivity index is 1.36. The van der Waals surface area contributed by atoms with Gasteiger partial charge < -0.3 is 14.8 Å². The van der Waals surface area contributed by atoms with E-state index in [1.165, 1.54) is 12.5 Å². The van der Waals surface area contributed by atoms with Crippen molar-refractivity contribution in [1.82, 2.24) is 9.55 Å². The molecule has 2 unspecified atom stereocenters. The van der Waals surface area contributed by atoms with Gasteiger partial charge in [-0.1, -0.05) is 12.1 Å². The van der Waals surface area contributed by atoms with Crippen molar-refractivity contribution >= 4 is 0 Å². The number of benzene rings is 1. The number of aromatic nitrogens is 2. The minimum absolute atomic E-state index is 0.211. The molecule has 0 radical (unpaired) electrons. The predicted molar refractivity (Wildman–Crippen MR) is 98.4 cm³/mol. The molecule has 0 spiro atoms. The van der Waals surface area contributed by atoms with E-state index in [9.17, 15) is 14.6 Å².